The molecule has 0 radical (unpaired) electrons. The maximum absolute atomic E-state index is 13.3. The van der Waals surface area contributed by atoms with E-state index in [0.29, 0.717) is 16.5 Å². The normalized spacial score (nSPS) is 10.4. The Balaban J connectivity index is 2.31. The van der Waals surface area contributed by atoms with E-state index >= 15 is 0 Å². The lowest BCUT2D eigenvalue weighted by atomic mass is 10.1. The van der Waals surface area contributed by atoms with E-state index in [0.717, 1.165) is 12.0 Å². The summed E-state index contributed by atoms with van der Waals surface area (Å²) in [5.74, 6) is 0.408. The average molecular weight is 266 g/mol. The molecule has 0 aliphatic carbocycles. The SMILES string of the molecule is CCc1cc(Oc2cccc(F)c2N)ccc1Cl. The Bertz CT molecular complexity index is 572. The van der Waals surface area contributed by atoms with Gasteiger partial charge in [0, 0.05) is 5.02 Å². The Labute approximate surface area is 110 Å². The van der Waals surface area contributed by atoms with Gasteiger partial charge in [-0.15, -0.1) is 0 Å². The zero-order valence-corrected chi connectivity index (χ0v) is 10.7. The number of hydrogen-bond donors (Lipinski definition) is 1. The fraction of sp³-hybridized carbons (Fsp3) is 0.143. The van der Waals surface area contributed by atoms with Crippen molar-refractivity contribution in [3.8, 4) is 11.5 Å². The molecule has 0 unspecified atom stereocenters. The van der Waals surface area contributed by atoms with E-state index in [1.165, 1.54) is 6.07 Å². The number of rotatable bonds is 3. The number of aryl methyl sites for hydroxylation is 1. The van der Waals surface area contributed by atoms with Gasteiger partial charge in [-0.2, -0.15) is 0 Å². The average Bonchev–Trinajstić information content (AvgIpc) is 2.37. The standard InChI is InChI=1S/C14H13ClFNO/c1-2-9-8-10(6-7-11(9)15)18-13-5-3-4-12(16)14(13)17/h3-8H,2,17H2,1H3. The van der Waals surface area contributed by atoms with Crippen LogP contribution in [0.4, 0.5) is 10.1 Å². The van der Waals surface area contributed by atoms with E-state index in [9.17, 15) is 4.39 Å². The van der Waals surface area contributed by atoms with Gasteiger partial charge in [0.05, 0.1) is 0 Å². The second-order valence-corrected chi connectivity index (χ2v) is 4.27. The Kier molecular flexibility index (Phi) is 3.72. The van der Waals surface area contributed by atoms with E-state index in [1.54, 1.807) is 24.3 Å². The van der Waals surface area contributed by atoms with Crippen molar-refractivity contribution in [3.63, 3.8) is 0 Å². The number of benzene rings is 2. The molecule has 18 heavy (non-hydrogen) atoms. The molecule has 2 N–H and O–H groups in total. The first-order chi connectivity index (χ1) is 8.61. The van der Waals surface area contributed by atoms with Crippen LogP contribution < -0.4 is 10.5 Å². The highest BCUT2D eigenvalue weighted by Crippen LogP contribution is 2.31. The molecule has 0 bridgehead atoms. The third-order valence-corrected chi connectivity index (χ3v) is 3.01. The van der Waals surface area contributed by atoms with Crippen molar-refractivity contribution >= 4 is 17.3 Å². The van der Waals surface area contributed by atoms with Gasteiger partial charge in [0.1, 0.15) is 17.3 Å². The Morgan fingerprint density at radius 1 is 1.28 bits per heavy atom. The van der Waals surface area contributed by atoms with Crippen LogP contribution in [0.15, 0.2) is 36.4 Å². The molecule has 2 rings (SSSR count). The Morgan fingerprint density at radius 2 is 2.06 bits per heavy atom. The molecule has 0 saturated heterocycles. The third kappa shape index (κ3) is 2.57. The molecule has 0 fully saturated rings. The number of nitrogen functional groups attached to an aromatic ring is 1. The maximum Gasteiger partial charge on any atom is 0.153 e. The predicted octanol–water partition coefficient (Wildman–Crippen LogP) is 4.42. The van der Waals surface area contributed by atoms with Crippen molar-refractivity contribution in [2.45, 2.75) is 13.3 Å². The van der Waals surface area contributed by atoms with E-state index in [2.05, 4.69) is 0 Å². The molecule has 94 valence electrons. The number of nitrogens with two attached hydrogens (primary N) is 1. The lowest BCUT2D eigenvalue weighted by molar-refractivity contribution is 0.479. The molecule has 0 saturated carbocycles. The zero-order chi connectivity index (χ0) is 13.1. The molecular formula is C14H13ClFNO. The van der Waals surface area contributed by atoms with E-state index in [-0.39, 0.29) is 5.69 Å². The van der Waals surface area contributed by atoms with E-state index in [4.69, 9.17) is 22.1 Å². The molecule has 0 aliphatic rings. The van der Waals surface area contributed by atoms with Crippen molar-refractivity contribution in [2.24, 2.45) is 0 Å². The van der Waals surface area contributed by atoms with Crippen LogP contribution in [-0.4, -0.2) is 0 Å². The van der Waals surface area contributed by atoms with Crippen LogP contribution in [0.25, 0.3) is 0 Å². The van der Waals surface area contributed by atoms with Crippen LogP contribution >= 0.6 is 11.6 Å². The van der Waals surface area contributed by atoms with Gasteiger partial charge in [0.2, 0.25) is 0 Å². The Hall–Kier alpha value is -1.74. The summed E-state index contributed by atoms with van der Waals surface area (Å²) in [6.45, 7) is 2.00. The summed E-state index contributed by atoms with van der Waals surface area (Å²) >= 11 is 6.02. The highest BCUT2D eigenvalue weighted by Gasteiger charge is 2.07. The molecule has 2 aromatic carbocycles. The molecular weight excluding hydrogens is 253 g/mol. The van der Waals surface area contributed by atoms with Gasteiger partial charge in [-0.25, -0.2) is 4.39 Å². The van der Waals surface area contributed by atoms with Gasteiger partial charge in [-0.1, -0.05) is 24.6 Å². The summed E-state index contributed by atoms with van der Waals surface area (Å²) in [4.78, 5) is 0. The van der Waals surface area contributed by atoms with Crippen LogP contribution in [0.2, 0.25) is 5.02 Å². The monoisotopic (exact) mass is 265 g/mol. The highest BCUT2D eigenvalue weighted by molar-refractivity contribution is 6.31. The van der Waals surface area contributed by atoms with Crippen LogP contribution in [0.3, 0.4) is 0 Å². The van der Waals surface area contributed by atoms with Crippen molar-refractivity contribution in [3.05, 3.63) is 52.8 Å². The van der Waals surface area contributed by atoms with Crippen LogP contribution in [0.5, 0.6) is 11.5 Å². The minimum atomic E-state index is -0.489. The molecule has 4 heteroatoms. The fourth-order valence-corrected chi connectivity index (χ4v) is 1.87. The summed E-state index contributed by atoms with van der Waals surface area (Å²) in [6.07, 6.45) is 0.800. The van der Waals surface area contributed by atoms with E-state index in [1.807, 2.05) is 13.0 Å². The molecule has 0 spiro atoms. The zero-order valence-electron chi connectivity index (χ0n) is 9.91. The summed E-state index contributed by atoms with van der Waals surface area (Å²) in [7, 11) is 0. The maximum atomic E-state index is 13.3. The minimum absolute atomic E-state index is 0.00509. The first-order valence-corrected chi connectivity index (χ1v) is 6.00. The molecule has 0 atom stereocenters. The molecule has 2 aromatic rings. The molecule has 0 amide bonds. The summed E-state index contributed by atoms with van der Waals surface area (Å²) in [5.41, 5.74) is 6.59. The highest BCUT2D eigenvalue weighted by atomic mass is 35.5. The summed E-state index contributed by atoms with van der Waals surface area (Å²) < 4.78 is 18.8. The lowest BCUT2D eigenvalue weighted by Crippen LogP contribution is -1.95. The van der Waals surface area contributed by atoms with Crippen molar-refractivity contribution in [1.29, 1.82) is 0 Å². The molecule has 0 aromatic heterocycles. The quantitative estimate of drug-likeness (QED) is 0.834. The summed E-state index contributed by atoms with van der Waals surface area (Å²) in [5, 5.41) is 0.692. The van der Waals surface area contributed by atoms with Crippen molar-refractivity contribution in [2.75, 3.05) is 5.73 Å². The second-order valence-electron chi connectivity index (χ2n) is 3.86. The topological polar surface area (TPSA) is 35.2 Å². The number of halogens is 2. The van der Waals surface area contributed by atoms with Crippen LogP contribution in [0.1, 0.15) is 12.5 Å². The van der Waals surface area contributed by atoms with Crippen LogP contribution in [0, 0.1) is 5.82 Å². The fourth-order valence-electron chi connectivity index (χ4n) is 1.62. The van der Waals surface area contributed by atoms with Gasteiger partial charge < -0.3 is 10.5 Å². The van der Waals surface area contributed by atoms with Gasteiger partial charge >= 0.3 is 0 Å². The lowest BCUT2D eigenvalue weighted by Gasteiger charge is -2.10. The van der Waals surface area contributed by atoms with Crippen molar-refractivity contribution in [1.82, 2.24) is 0 Å². The minimum Gasteiger partial charge on any atom is -0.455 e. The van der Waals surface area contributed by atoms with E-state index < -0.39 is 5.82 Å². The van der Waals surface area contributed by atoms with Gasteiger partial charge in [0.15, 0.2) is 5.75 Å². The Morgan fingerprint density at radius 3 is 2.78 bits per heavy atom. The number of ether oxygens (including phenoxy) is 1. The first-order valence-electron chi connectivity index (χ1n) is 5.62. The van der Waals surface area contributed by atoms with Gasteiger partial charge in [-0.3, -0.25) is 0 Å². The predicted molar refractivity (Wildman–Crippen MR) is 71.7 cm³/mol. The number of hydrogen-bond acceptors (Lipinski definition) is 2. The molecule has 0 aliphatic heterocycles. The number of anilines is 1. The van der Waals surface area contributed by atoms with Crippen molar-refractivity contribution < 1.29 is 9.13 Å². The van der Waals surface area contributed by atoms with Crippen LogP contribution in [-0.2, 0) is 6.42 Å². The molecule has 2 nitrogen and oxygen atoms in total. The smallest absolute Gasteiger partial charge is 0.153 e. The second kappa shape index (κ2) is 5.27. The molecule has 0 heterocycles. The third-order valence-electron chi connectivity index (χ3n) is 2.64. The van der Waals surface area contributed by atoms with Gasteiger partial charge in [0.25, 0.3) is 0 Å². The largest absolute Gasteiger partial charge is 0.455 e. The summed E-state index contributed by atoms with van der Waals surface area (Å²) in [6, 6.07) is 9.78. The number of para-hydroxylation sites is 1. The van der Waals surface area contributed by atoms with Gasteiger partial charge in [-0.05, 0) is 42.3 Å². The first kappa shape index (κ1) is 12.7.